The highest BCUT2D eigenvalue weighted by molar-refractivity contribution is 7.18. The molecule has 1 unspecified atom stereocenters. The Labute approximate surface area is 122 Å². The minimum absolute atomic E-state index is 0.0479. The van der Waals surface area contributed by atoms with Crippen molar-refractivity contribution in [3.8, 4) is 0 Å². The first-order chi connectivity index (χ1) is 9.65. The lowest BCUT2D eigenvalue weighted by atomic mass is 10.2. The summed E-state index contributed by atoms with van der Waals surface area (Å²) in [7, 11) is 0. The van der Waals surface area contributed by atoms with Crippen LogP contribution in [-0.2, 0) is 11.2 Å². The van der Waals surface area contributed by atoms with Crippen molar-refractivity contribution in [1.82, 2.24) is 10.3 Å². The molecule has 1 aromatic heterocycles. The fourth-order valence-electron chi connectivity index (χ4n) is 1.94. The average molecular weight is 292 g/mol. The molecule has 5 heteroatoms. The van der Waals surface area contributed by atoms with Gasteiger partial charge in [-0.15, -0.1) is 11.3 Å². The van der Waals surface area contributed by atoms with Gasteiger partial charge in [0.15, 0.2) is 0 Å². The Balaban J connectivity index is 1.71. The number of aryl methyl sites for hydroxylation is 1. The number of rotatable bonds is 7. The van der Waals surface area contributed by atoms with E-state index in [0.717, 1.165) is 23.4 Å². The van der Waals surface area contributed by atoms with Crippen LogP contribution in [0, 0.1) is 0 Å². The Bertz CT molecular complexity index is 533. The van der Waals surface area contributed by atoms with Crippen molar-refractivity contribution in [1.29, 1.82) is 0 Å². The molecule has 2 aromatic rings. The molecule has 0 aliphatic rings. The second-order valence-corrected chi connectivity index (χ2v) is 6.03. The van der Waals surface area contributed by atoms with Gasteiger partial charge in [0, 0.05) is 13.0 Å². The van der Waals surface area contributed by atoms with Crippen LogP contribution in [0.15, 0.2) is 24.3 Å². The summed E-state index contributed by atoms with van der Waals surface area (Å²) in [4.78, 5) is 16.1. The van der Waals surface area contributed by atoms with Crippen LogP contribution in [0.5, 0.6) is 0 Å². The molecule has 20 heavy (non-hydrogen) atoms. The van der Waals surface area contributed by atoms with E-state index < -0.39 is 0 Å². The number of carbonyl (C=O) groups excluding carboxylic acids is 1. The number of thiazole rings is 1. The molecule has 2 N–H and O–H groups in total. The van der Waals surface area contributed by atoms with Gasteiger partial charge in [0.05, 0.1) is 21.3 Å². The predicted octanol–water partition coefficient (Wildman–Crippen LogP) is 2.51. The molecule has 2 rings (SSSR count). The molecule has 0 aliphatic heterocycles. The second-order valence-electron chi connectivity index (χ2n) is 4.92. The largest absolute Gasteiger partial charge is 0.393 e. The van der Waals surface area contributed by atoms with Crippen molar-refractivity contribution in [2.75, 3.05) is 6.54 Å². The van der Waals surface area contributed by atoms with E-state index in [1.807, 2.05) is 18.2 Å². The summed E-state index contributed by atoms with van der Waals surface area (Å²) in [5.41, 5.74) is 1.04. The monoisotopic (exact) mass is 292 g/mol. The van der Waals surface area contributed by atoms with Crippen molar-refractivity contribution in [3.63, 3.8) is 0 Å². The summed E-state index contributed by atoms with van der Waals surface area (Å²) in [6.45, 7) is 2.26. The Kier molecular flexibility index (Phi) is 5.49. The first-order valence-corrected chi connectivity index (χ1v) is 7.76. The smallest absolute Gasteiger partial charge is 0.220 e. The van der Waals surface area contributed by atoms with Crippen LogP contribution < -0.4 is 5.32 Å². The molecule has 4 nitrogen and oxygen atoms in total. The first-order valence-electron chi connectivity index (χ1n) is 6.94. The van der Waals surface area contributed by atoms with Crippen molar-refractivity contribution in [2.45, 2.75) is 38.7 Å². The van der Waals surface area contributed by atoms with E-state index in [4.69, 9.17) is 5.11 Å². The normalized spacial score (nSPS) is 12.5. The molecule has 1 amide bonds. The number of para-hydroxylation sites is 1. The Morgan fingerprint density at radius 1 is 1.45 bits per heavy atom. The number of aromatic nitrogens is 1. The molecule has 0 saturated heterocycles. The second kappa shape index (κ2) is 7.36. The van der Waals surface area contributed by atoms with Crippen LogP contribution >= 0.6 is 11.3 Å². The van der Waals surface area contributed by atoms with E-state index in [0.29, 0.717) is 19.4 Å². The number of aliphatic hydroxyl groups excluding tert-OH is 1. The Morgan fingerprint density at radius 3 is 3.00 bits per heavy atom. The standard InChI is InChI=1S/C15H20N2O2S/c1-11(18)9-10-16-14(19)7-4-8-15-17-12-5-2-3-6-13(12)20-15/h2-3,5-6,11,18H,4,7-10H2,1H3,(H,16,19). The van der Waals surface area contributed by atoms with Crippen LogP contribution in [-0.4, -0.2) is 28.6 Å². The van der Waals surface area contributed by atoms with Gasteiger partial charge in [-0.2, -0.15) is 0 Å². The number of amides is 1. The lowest BCUT2D eigenvalue weighted by Gasteiger charge is -2.06. The van der Waals surface area contributed by atoms with Gasteiger partial charge in [-0.3, -0.25) is 4.79 Å². The van der Waals surface area contributed by atoms with Crippen molar-refractivity contribution < 1.29 is 9.90 Å². The van der Waals surface area contributed by atoms with Gasteiger partial charge >= 0.3 is 0 Å². The van der Waals surface area contributed by atoms with Crippen LogP contribution in [0.1, 0.15) is 31.2 Å². The lowest BCUT2D eigenvalue weighted by molar-refractivity contribution is -0.121. The number of hydrogen-bond donors (Lipinski definition) is 2. The maximum atomic E-state index is 11.6. The van der Waals surface area contributed by atoms with Crippen molar-refractivity contribution in [3.05, 3.63) is 29.3 Å². The van der Waals surface area contributed by atoms with E-state index in [2.05, 4.69) is 16.4 Å². The number of nitrogens with zero attached hydrogens (tertiary/aromatic N) is 1. The van der Waals surface area contributed by atoms with Crippen molar-refractivity contribution in [2.24, 2.45) is 0 Å². The van der Waals surface area contributed by atoms with Gasteiger partial charge in [-0.1, -0.05) is 12.1 Å². The highest BCUT2D eigenvalue weighted by Crippen LogP contribution is 2.22. The molecule has 0 spiro atoms. The predicted molar refractivity (Wildman–Crippen MR) is 81.9 cm³/mol. The fourth-order valence-corrected chi connectivity index (χ4v) is 2.95. The number of aliphatic hydroxyl groups is 1. The summed E-state index contributed by atoms with van der Waals surface area (Å²) in [5, 5.41) is 13.0. The summed E-state index contributed by atoms with van der Waals surface area (Å²) >= 11 is 1.69. The first kappa shape index (κ1) is 14.9. The minimum atomic E-state index is -0.363. The van der Waals surface area contributed by atoms with Gasteiger partial charge in [0.2, 0.25) is 5.91 Å². The zero-order valence-corrected chi connectivity index (χ0v) is 12.4. The molecule has 0 bridgehead atoms. The molecule has 0 saturated carbocycles. The maximum Gasteiger partial charge on any atom is 0.220 e. The van der Waals surface area contributed by atoms with Crippen LogP contribution in [0.3, 0.4) is 0 Å². The summed E-state index contributed by atoms with van der Waals surface area (Å²) in [5.74, 6) is 0.0479. The number of fused-ring (bicyclic) bond motifs is 1. The van der Waals surface area contributed by atoms with Gasteiger partial charge in [0.1, 0.15) is 0 Å². The number of nitrogens with one attached hydrogen (secondary N) is 1. The third-order valence-electron chi connectivity index (χ3n) is 3.02. The van der Waals surface area contributed by atoms with Crippen molar-refractivity contribution >= 4 is 27.5 Å². The zero-order valence-electron chi connectivity index (χ0n) is 11.6. The van der Waals surface area contributed by atoms with E-state index >= 15 is 0 Å². The molecule has 0 aliphatic carbocycles. The molecule has 108 valence electrons. The molecule has 1 atom stereocenters. The summed E-state index contributed by atoms with van der Waals surface area (Å²) in [6.07, 6.45) is 2.39. The Morgan fingerprint density at radius 2 is 2.25 bits per heavy atom. The molecular weight excluding hydrogens is 272 g/mol. The number of hydrogen-bond acceptors (Lipinski definition) is 4. The number of benzene rings is 1. The van der Waals surface area contributed by atoms with E-state index in [1.165, 1.54) is 4.70 Å². The van der Waals surface area contributed by atoms with Crippen LogP contribution in [0.2, 0.25) is 0 Å². The van der Waals surface area contributed by atoms with E-state index in [9.17, 15) is 4.79 Å². The molecular formula is C15H20N2O2S. The fraction of sp³-hybridized carbons (Fsp3) is 0.467. The van der Waals surface area contributed by atoms with Gasteiger partial charge in [-0.05, 0) is 38.3 Å². The SMILES string of the molecule is CC(O)CCNC(=O)CCCc1nc2ccccc2s1. The third kappa shape index (κ3) is 4.58. The van der Waals surface area contributed by atoms with Gasteiger partial charge in [-0.25, -0.2) is 4.98 Å². The molecule has 1 aromatic carbocycles. The molecule has 0 radical (unpaired) electrons. The highest BCUT2D eigenvalue weighted by atomic mass is 32.1. The number of carbonyl (C=O) groups is 1. The van der Waals surface area contributed by atoms with Crippen LogP contribution in [0.25, 0.3) is 10.2 Å². The van der Waals surface area contributed by atoms with Gasteiger partial charge < -0.3 is 10.4 Å². The summed E-state index contributed by atoms with van der Waals surface area (Å²) < 4.78 is 1.20. The third-order valence-corrected chi connectivity index (χ3v) is 4.11. The maximum absolute atomic E-state index is 11.6. The quantitative estimate of drug-likeness (QED) is 0.824. The minimum Gasteiger partial charge on any atom is -0.393 e. The summed E-state index contributed by atoms with van der Waals surface area (Å²) in [6, 6.07) is 8.08. The van der Waals surface area contributed by atoms with Crippen LogP contribution in [0.4, 0.5) is 0 Å². The van der Waals surface area contributed by atoms with E-state index in [-0.39, 0.29) is 12.0 Å². The highest BCUT2D eigenvalue weighted by Gasteiger charge is 2.05. The van der Waals surface area contributed by atoms with E-state index in [1.54, 1.807) is 18.3 Å². The molecule has 1 heterocycles. The topological polar surface area (TPSA) is 62.2 Å². The van der Waals surface area contributed by atoms with Gasteiger partial charge in [0.25, 0.3) is 0 Å². The Hall–Kier alpha value is -1.46. The average Bonchev–Trinajstić information content (AvgIpc) is 2.80. The molecule has 0 fully saturated rings. The zero-order chi connectivity index (χ0) is 14.4. The lowest BCUT2D eigenvalue weighted by Crippen LogP contribution is -2.26.